The Bertz CT molecular complexity index is 1080. The molecule has 5 nitrogen and oxygen atoms in total. The molecule has 0 atom stereocenters. The number of benzene rings is 1. The van der Waals surface area contributed by atoms with E-state index in [2.05, 4.69) is 9.97 Å². The first-order valence-corrected chi connectivity index (χ1v) is 9.25. The lowest BCUT2D eigenvalue weighted by atomic mass is 9.99. The van der Waals surface area contributed by atoms with E-state index in [-0.39, 0.29) is 5.83 Å². The maximum Gasteiger partial charge on any atom is 0.295 e. The van der Waals surface area contributed by atoms with Crippen LogP contribution in [0.3, 0.4) is 0 Å². The number of H-pyrrole nitrogens is 1. The Morgan fingerprint density at radius 3 is 2.54 bits per heavy atom. The van der Waals surface area contributed by atoms with Crippen molar-refractivity contribution in [1.82, 2.24) is 14.9 Å². The minimum Gasteiger partial charge on any atom is -0.345 e. The van der Waals surface area contributed by atoms with Crippen LogP contribution >= 0.6 is 0 Å². The van der Waals surface area contributed by atoms with Gasteiger partial charge in [-0.3, -0.25) is 9.59 Å². The van der Waals surface area contributed by atoms with Gasteiger partial charge < -0.3 is 9.88 Å². The van der Waals surface area contributed by atoms with Crippen LogP contribution in [0.2, 0.25) is 0 Å². The number of likely N-dealkylation sites (tertiary alicyclic amines) is 1. The molecule has 1 amide bonds. The summed E-state index contributed by atoms with van der Waals surface area (Å²) in [6.07, 6.45) is 4.04. The fourth-order valence-electron chi connectivity index (χ4n) is 3.65. The van der Waals surface area contributed by atoms with Crippen molar-refractivity contribution in [3.63, 3.8) is 0 Å². The molecule has 1 N–H and O–H groups in total. The van der Waals surface area contributed by atoms with Gasteiger partial charge in [0, 0.05) is 36.4 Å². The largest absolute Gasteiger partial charge is 0.345 e. The number of hydrogen-bond donors (Lipinski definition) is 1. The van der Waals surface area contributed by atoms with Gasteiger partial charge in [0.05, 0.1) is 5.56 Å². The fraction of sp³-hybridized carbons (Fsp3) is 0.227. The molecule has 0 spiro atoms. The number of aryl methyl sites for hydroxylation is 1. The lowest BCUT2D eigenvalue weighted by molar-refractivity contribution is -0.126. The highest BCUT2D eigenvalue weighted by atomic mass is 19.1. The Morgan fingerprint density at radius 1 is 1.11 bits per heavy atom. The Kier molecular flexibility index (Phi) is 4.77. The monoisotopic (exact) mass is 377 g/mol. The van der Waals surface area contributed by atoms with Crippen LogP contribution in [0.4, 0.5) is 4.39 Å². The van der Waals surface area contributed by atoms with E-state index in [0.29, 0.717) is 53.7 Å². The van der Waals surface area contributed by atoms with Crippen molar-refractivity contribution in [1.29, 1.82) is 0 Å². The predicted molar refractivity (Wildman–Crippen MR) is 105 cm³/mol. The van der Waals surface area contributed by atoms with Crippen LogP contribution in [0.25, 0.3) is 16.9 Å². The summed E-state index contributed by atoms with van der Waals surface area (Å²) < 4.78 is 14.6. The number of carbonyl (C=O) groups is 2. The molecule has 3 aromatic rings. The first kappa shape index (κ1) is 18.1. The molecule has 1 aromatic carbocycles. The number of ketones is 1. The van der Waals surface area contributed by atoms with Gasteiger partial charge in [0.15, 0.2) is 0 Å². The molecule has 0 aliphatic carbocycles. The van der Waals surface area contributed by atoms with Crippen molar-refractivity contribution in [2.45, 2.75) is 19.8 Å². The topological polar surface area (TPSA) is 66.1 Å². The predicted octanol–water partition coefficient (Wildman–Crippen LogP) is 4.06. The highest BCUT2D eigenvalue weighted by Gasteiger charge is 2.29. The number of aromatic amines is 1. The van der Waals surface area contributed by atoms with E-state index in [1.54, 1.807) is 30.5 Å². The highest BCUT2D eigenvalue weighted by molar-refractivity contribution is 6.44. The molecule has 6 heteroatoms. The number of hydrogen-bond acceptors (Lipinski definition) is 3. The van der Waals surface area contributed by atoms with Crippen molar-refractivity contribution in [2.24, 2.45) is 0 Å². The van der Waals surface area contributed by atoms with Gasteiger partial charge in [0.25, 0.3) is 11.7 Å². The summed E-state index contributed by atoms with van der Waals surface area (Å²) in [5.41, 5.74) is 3.05. The van der Waals surface area contributed by atoms with E-state index >= 15 is 0 Å². The number of aromatic nitrogens is 2. The number of piperidine rings is 1. The second-order valence-corrected chi connectivity index (χ2v) is 6.96. The van der Waals surface area contributed by atoms with E-state index in [4.69, 9.17) is 0 Å². The van der Waals surface area contributed by atoms with Gasteiger partial charge >= 0.3 is 0 Å². The maximum absolute atomic E-state index is 14.6. The van der Waals surface area contributed by atoms with Crippen molar-refractivity contribution in [3.8, 4) is 0 Å². The quantitative estimate of drug-likeness (QED) is 0.553. The molecule has 4 rings (SSSR count). The van der Waals surface area contributed by atoms with Crippen molar-refractivity contribution < 1.29 is 14.0 Å². The summed E-state index contributed by atoms with van der Waals surface area (Å²) in [4.78, 5) is 34.2. The summed E-state index contributed by atoms with van der Waals surface area (Å²) in [6.45, 7) is 2.54. The molecular formula is C22H20FN3O2. The number of halogens is 1. The molecule has 3 heterocycles. The van der Waals surface area contributed by atoms with E-state index in [0.717, 1.165) is 5.56 Å². The lowest BCUT2D eigenvalue weighted by Gasteiger charge is -2.28. The molecule has 1 fully saturated rings. The molecule has 1 saturated heterocycles. The van der Waals surface area contributed by atoms with Gasteiger partial charge in [-0.15, -0.1) is 0 Å². The molecule has 1 aliphatic heterocycles. The summed E-state index contributed by atoms with van der Waals surface area (Å²) in [7, 11) is 0. The standard InChI is InChI=1S/C22H20FN3O2/c1-14-7-10-24-21-18(14)17(13-25-21)20(27)22(28)26-11-8-16(9-12-26)19(23)15-5-3-2-4-6-15/h2-7,10,13H,8-9,11-12H2,1H3,(H,24,25). The second kappa shape index (κ2) is 7.38. The van der Waals surface area contributed by atoms with Crippen LogP contribution < -0.4 is 0 Å². The van der Waals surface area contributed by atoms with Crippen molar-refractivity contribution in [2.75, 3.05) is 13.1 Å². The average Bonchev–Trinajstić information content (AvgIpc) is 3.18. The number of nitrogens with one attached hydrogen (secondary N) is 1. The van der Waals surface area contributed by atoms with E-state index < -0.39 is 11.7 Å². The van der Waals surface area contributed by atoms with Crippen LogP contribution in [0.5, 0.6) is 0 Å². The van der Waals surface area contributed by atoms with Crippen LogP contribution in [-0.4, -0.2) is 39.6 Å². The third-order valence-corrected chi connectivity index (χ3v) is 5.21. The van der Waals surface area contributed by atoms with Crippen LogP contribution in [-0.2, 0) is 4.79 Å². The number of pyridine rings is 1. The first-order valence-electron chi connectivity index (χ1n) is 9.25. The third-order valence-electron chi connectivity index (χ3n) is 5.21. The Hall–Kier alpha value is -3.28. The first-order chi connectivity index (χ1) is 13.6. The number of rotatable bonds is 3. The Labute approximate surface area is 161 Å². The van der Waals surface area contributed by atoms with Gasteiger partial charge in [-0.1, -0.05) is 30.3 Å². The molecule has 142 valence electrons. The third kappa shape index (κ3) is 3.22. The molecule has 0 saturated carbocycles. The number of Topliss-reactive ketones (excluding diaryl/α,β-unsaturated/α-hetero) is 1. The molecule has 0 radical (unpaired) electrons. The summed E-state index contributed by atoms with van der Waals surface area (Å²) >= 11 is 0. The minimum absolute atomic E-state index is 0.225. The summed E-state index contributed by atoms with van der Waals surface area (Å²) in [6, 6.07) is 10.7. The van der Waals surface area contributed by atoms with E-state index in [9.17, 15) is 14.0 Å². The lowest BCUT2D eigenvalue weighted by Crippen LogP contribution is -2.40. The smallest absolute Gasteiger partial charge is 0.295 e. The van der Waals surface area contributed by atoms with Crippen LogP contribution in [0.1, 0.15) is 34.3 Å². The average molecular weight is 377 g/mol. The fourth-order valence-corrected chi connectivity index (χ4v) is 3.65. The molecule has 0 unspecified atom stereocenters. The van der Waals surface area contributed by atoms with E-state index in [1.807, 2.05) is 19.1 Å². The van der Waals surface area contributed by atoms with Gasteiger partial charge in [-0.2, -0.15) is 0 Å². The van der Waals surface area contributed by atoms with Gasteiger partial charge in [-0.05, 0) is 37.0 Å². The zero-order valence-corrected chi connectivity index (χ0v) is 15.5. The Balaban J connectivity index is 1.50. The maximum atomic E-state index is 14.6. The van der Waals surface area contributed by atoms with Crippen molar-refractivity contribution >= 4 is 28.6 Å². The highest BCUT2D eigenvalue weighted by Crippen LogP contribution is 2.28. The SMILES string of the molecule is Cc1ccnc2[nH]cc(C(=O)C(=O)N3CCC(=C(F)c4ccccc4)CC3)c12. The zero-order chi connectivity index (χ0) is 19.7. The van der Waals surface area contributed by atoms with Gasteiger partial charge in [-0.25, -0.2) is 9.37 Å². The molecule has 2 aromatic heterocycles. The summed E-state index contributed by atoms with van der Waals surface area (Å²) in [5, 5.41) is 0.675. The molecule has 1 aliphatic rings. The normalized spacial score (nSPS) is 14.4. The zero-order valence-electron chi connectivity index (χ0n) is 15.5. The Morgan fingerprint density at radius 2 is 1.82 bits per heavy atom. The van der Waals surface area contributed by atoms with Crippen LogP contribution in [0.15, 0.2) is 54.4 Å². The van der Waals surface area contributed by atoms with Crippen molar-refractivity contribution in [3.05, 3.63) is 71.1 Å². The molecule has 0 bridgehead atoms. The second-order valence-electron chi connectivity index (χ2n) is 6.96. The van der Waals surface area contributed by atoms with E-state index in [1.165, 1.54) is 11.1 Å². The number of nitrogens with zero attached hydrogens (tertiary/aromatic N) is 2. The summed E-state index contributed by atoms with van der Waals surface area (Å²) in [5.74, 6) is -1.33. The number of carbonyl (C=O) groups excluding carboxylic acids is 2. The molecule has 28 heavy (non-hydrogen) atoms. The minimum atomic E-state index is -0.557. The van der Waals surface area contributed by atoms with Gasteiger partial charge in [0.2, 0.25) is 0 Å². The van der Waals surface area contributed by atoms with Gasteiger partial charge in [0.1, 0.15) is 11.5 Å². The number of fused-ring (bicyclic) bond motifs is 1. The molecular weight excluding hydrogens is 357 g/mol. The number of amides is 1. The van der Waals surface area contributed by atoms with Crippen LogP contribution in [0, 0.1) is 6.92 Å².